The van der Waals surface area contributed by atoms with Crippen LogP contribution in [0.25, 0.3) is 11.3 Å². The summed E-state index contributed by atoms with van der Waals surface area (Å²) in [6.45, 7) is 2.11. The molecule has 0 spiro atoms. The summed E-state index contributed by atoms with van der Waals surface area (Å²) in [4.78, 5) is 11.1. The van der Waals surface area contributed by atoms with E-state index in [2.05, 4.69) is 23.2 Å². The molecule has 2 aromatic rings. The number of aromatic carboxylic acids is 1. The normalized spacial score (nSPS) is 17.4. The van der Waals surface area contributed by atoms with Crippen molar-refractivity contribution in [3.8, 4) is 11.3 Å². The molecule has 0 amide bonds. The summed E-state index contributed by atoms with van der Waals surface area (Å²) in [5, 5.41) is 15.9. The average Bonchev–Trinajstić information content (AvgIpc) is 2.73. The van der Waals surface area contributed by atoms with Gasteiger partial charge in [0.2, 0.25) is 0 Å². The van der Waals surface area contributed by atoms with Gasteiger partial charge in [-0.2, -0.15) is 5.10 Å². The van der Waals surface area contributed by atoms with Crippen LogP contribution in [-0.4, -0.2) is 21.3 Å². The first-order chi connectivity index (χ1) is 8.18. The fraction of sp³-hybridized carbons (Fsp3) is 0.231. The zero-order valence-corrected chi connectivity index (χ0v) is 9.40. The van der Waals surface area contributed by atoms with Gasteiger partial charge in [0.25, 0.3) is 0 Å². The van der Waals surface area contributed by atoms with Gasteiger partial charge in [0.1, 0.15) is 5.69 Å². The fourth-order valence-electron chi connectivity index (χ4n) is 2.52. The molecule has 86 valence electrons. The van der Waals surface area contributed by atoms with Crippen LogP contribution >= 0.6 is 0 Å². The molecule has 17 heavy (non-hydrogen) atoms. The number of fused-ring (bicyclic) bond motifs is 3. The zero-order valence-electron chi connectivity index (χ0n) is 9.40. The summed E-state index contributed by atoms with van der Waals surface area (Å²) in [5.41, 5.74) is 4.12. The highest BCUT2D eigenvalue weighted by molar-refractivity contribution is 5.90. The van der Waals surface area contributed by atoms with Crippen LogP contribution in [0.2, 0.25) is 0 Å². The van der Waals surface area contributed by atoms with Gasteiger partial charge in [-0.05, 0) is 17.9 Å². The molecular weight excluding hydrogens is 216 g/mol. The van der Waals surface area contributed by atoms with E-state index < -0.39 is 5.97 Å². The van der Waals surface area contributed by atoms with Crippen molar-refractivity contribution in [3.63, 3.8) is 0 Å². The highest BCUT2D eigenvalue weighted by Crippen LogP contribution is 2.39. The third kappa shape index (κ3) is 1.37. The summed E-state index contributed by atoms with van der Waals surface area (Å²) in [7, 11) is 0. The third-order valence-electron chi connectivity index (χ3n) is 3.34. The number of carbonyl (C=O) groups is 1. The number of nitrogens with zero attached hydrogens (tertiary/aromatic N) is 1. The summed E-state index contributed by atoms with van der Waals surface area (Å²) in [6.07, 6.45) is 0.727. The van der Waals surface area contributed by atoms with Gasteiger partial charge >= 0.3 is 5.97 Å². The Morgan fingerprint density at radius 1 is 1.47 bits per heavy atom. The predicted octanol–water partition coefficient (Wildman–Crippen LogP) is 2.43. The molecule has 2 N–H and O–H groups in total. The van der Waals surface area contributed by atoms with Crippen molar-refractivity contribution in [1.82, 2.24) is 10.2 Å². The van der Waals surface area contributed by atoms with Crippen LogP contribution in [-0.2, 0) is 6.42 Å². The monoisotopic (exact) mass is 228 g/mol. The van der Waals surface area contributed by atoms with Gasteiger partial charge in [-0.1, -0.05) is 31.2 Å². The summed E-state index contributed by atoms with van der Waals surface area (Å²) in [5.74, 6) is -0.611. The fourth-order valence-corrected chi connectivity index (χ4v) is 2.52. The molecule has 0 fully saturated rings. The van der Waals surface area contributed by atoms with Gasteiger partial charge < -0.3 is 5.11 Å². The van der Waals surface area contributed by atoms with Crippen LogP contribution in [0, 0.1) is 0 Å². The molecule has 1 aliphatic carbocycles. The van der Waals surface area contributed by atoms with E-state index in [1.807, 2.05) is 18.2 Å². The number of benzene rings is 1. The Morgan fingerprint density at radius 3 is 3.00 bits per heavy atom. The Morgan fingerprint density at radius 2 is 2.24 bits per heavy atom. The van der Waals surface area contributed by atoms with E-state index in [9.17, 15) is 4.79 Å². The van der Waals surface area contributed by atoms with Crippen molar-refractivity contribution in [2.45, 2.75) is 19.3 Å². The lowest BCUT2D eigenvalue weighted by Gasteiger charge is -2.21. The summed E-state index contributed by atoms with van der Waals surface area (Å²) in [6, 6.07) is 8.04. The predicted molar refractivity (Wildman–Crippen MR) is 63.1 cm³/mol. The molecule has 0 saturated carbocycles. The SMILES string of the molecule is CC1Cc2c(n[nH]c2C(=O)O)-c2ccccc21. The van der Waals surface area contributed by atoms with Crippen LogP contribution in [0.5, 0.6) is 0 Å². The maximum absolute atomic E-state index is 11.1. The molecule has 0 radical (unpaired) electrons. The number of rotatable bonds is 1. The molecule has 0 bridgehead atoms. The lowest BCUT2D eigenvalue weighted by atomic mass is 9.82. The quantitative estimate of drug-likeness (QED) is 0.787. The van der Waals surface area contributed by atoms with Crippen LogP contribution in [0.4, 0.5) is 0 Å². The Hall–Kier alpha value is -2.10. The van der Waals surface area contributed by atoms with E-state index in [0.29, 0.717) is 5.92 Å². The lowest BCUT2D eigenvalue weighted by molar-refractivity contribution is 0.0689. The molecule has 0 aliphatic heterocycles. The smallest absolute Gasteiger partial charge is 0.354 e. The molecule has 4 nitrogen and oxygen atoms in total. The van der Waals surface area contributed by atoms with Crippen LogP contribution < -0.4 is 0 Å². The van der Waals surface area contributed by atoms with E-state index in [4.69, 9.17) is 5.11 Å². The number of carboxylic acids is 1. The average molecular weight is 228 g/mol. The topological polar surface area (TPSA) is 66.0 Å². The Kier molecular flexibility index (Phi) is 2.04. The van der Waals surface area contributed by atoms with Gasteiger partial charge in [0.15, 0.2) is 0 Å². The standard InChI is InChI=1S/C13H12N2O2/c1-7-6-10-11(14-15-12(10)13(16)17)9-5-3-2-4-8(7)9/h2-5,7H,6H2,1H3,(H,14,15)(H,16,17). The number of aromatic nitrogens is 2. The van der Waals surface area contributed by atoms with Gasteiger partial charge in [0.05, 0.1) is 5.69 Å². The highest BCUT2D eigenvalue weighted by atomic mass is 16.4. The number of aromatic amines is 1. The van der Waals surface area contributed by atoms with Crippen molar-refractivity contribution < 1.29 is 9.90 Å². The highest BCUT2D eigenvalue weighted by Gasteiger charge is 2.28. The number of hydrogen-bond donors (Lipinski definition) is 2. The van der Waals surface area contributed by atoms with Crippen molar-refractivity contribution >= 4 is 5.97 Å². The van der Waals surface area contributed by atoms with Crippen molar-refractivity contribution in [1.29, 1.82) is 0 Å². The minimum atomic E-state index is -0.940. The molecular formula is C13H12N2O2. The van der Waals surface area contributed by atoms with Crippen LogP contribution in [0.3, 0.4) is 0 Å². The van der Waals surface area contributed by atoms with E-state index in [0.717, 1.165) is 23.2 Å². The number of nitrogens with one attached hydrogen (secondary N) is 1. The van der Waals surface area contributed by atoms with Crippen molar-refractivity contribution in [3.05, 3.63) is 41.1 Å². The van der Waals surface area contributed by atoms with E-state index in [-0.39, 0.29) is 5.69 Å². The molecule has 4 heteroatoms. The molecule has 1 aliphatic rings. The number of hydrogen-bond acceptors (Lipinski definition) is 2. The second-order valence-corrected chi connectivity index (χ2v) is 4.42. The molecule has 1 atom stereocenters. The third-order valence-corrected chi connectivity index (χ3v) is 3.34. The van der Waals surface area contributed by atoms with Gasteiger partial charge in [0, 0.05) is 11.1 Å². The van der Waals surface area contributed by atoms with Gasteiger partial charge in [-0.15, -0.1) is 0 Å². The second kappa shape index (κ2) is 3.45. The second-order valence-electron chi connectivity index (χ2n) is 4.42. The van der Waals surface area contributed by atoms with E-state index in [1.54, 1.807) is 0 Å². The first-order valence-electron chi connectivity index (χ1n) is 5.58. The van der Waals surface area contributed by atoms with Gasteiger partial charge in [-0.3, -0.25) is 5.10 Å². The maximum atomic E-state index is 11.1. The van der Waals surface area contributed by atoms with Gasteiger partial charge in [-0.25, -0.2) is 4.79 Å². The molecule has 1 aromatic carbocycles. The number of carboxylic acid groups (broad SMARTS) is 1. The minimum Gasteiger partial charge on any atom is -0.477 e. The Labute approximate surface area is 98.3 Å². The molecule has 1 heterocycles. The molecule has 3 rings (SSSR count). The van der Waals surface area contributed by atoms with E-state index >= 15 is 0 Å². The molecule has 1 aromatic heterocycles. The van der Waals surface area contributed by atoms with Crippen LogP contribution in [0.1, 0.15) is 34.5 Å². The number of H-pyrrole nitrogens is 1. The van der Waals surface area contributed by atoms with E-state index in [1.165, 1.54) is 5.56 Å². The summed E-state index contributed by atoms with van der Waals surface area (Å²) >= 11 is 0. The zero-order chi connectivity index (χ0) is 12.0. The van der Waals surface area contributed by atoms with Crippen molar-refractivity contribution in [2.75, 3.05) is 0 Å². The Balaban J connectivity index is 2.26. The molecule has 1 unspecified atom stereocenters. The maximum Gasteiger partial charge on any atom is 0.354 e. The van der Waals surface area contributed by atoms with Crippen molar-refractivity contribution in [2.24, 2.45) is 0 Å². The largest absolute Gasteiger partial charge is 0.477 e. The first-order valence-corrected chi connectivity index (χ1v) is 5.58. The van der Waals surface area contributed by atoms with Crippen LogP contribution in [0.15, 0.2) is 24.3 Å². The first kappa shape index (κ1) is 10.1. The summed E-state index contributed by atoms with van der Waals surface area (Å²) < 4.78 is 0. The lowest BCUT2D eigenvalue weighted by Crippen LogP contribution is -2.10. The molecule has 0 saturated heterocycles. The minimum absolute atomic E-state index is 0.223. The Bertz CT molecular complexity index is 601.